The van der Waals surface area contributed by atoms with E-state index in [-0.39, 0.29) is 15.7 Å². The molecule has 0 spiro atoms. The summed E-state index contributed by atoms with van der Waals surface area (Å²) in [6, 6.07) is 3.98. The monoisotopic (exact) mass is 299 g/mol. The van der Waals surface area contributed by atoms with Crippen LogP contribution >= 0.6 is 15.9 Å². The van der Waals surface area contributed by atoms with E-state index in [1.807, 2.05) is 0 Å². The first-order valence-electron chi connectivity index (χ1n) is 4.77. The average Bonchev–Trinajstić information content (AvgIpc) is 2.35. The van der Waals surface area contributed by atoms with Crippen LogP contribution in [-0.2, 0) is 0 Å². The molecular weight excluding hydrogens is 292 g/mol. The molecule has 0 saturated heterocycles. The highest BCUT2D eigenvalue weighted by molar-refractivity contribution is 9.10. The smallest absolute Gasteiger partial charge is 0.149 e. The predicted octanol–water partition coefficient (Wildman–Crippen LogP) is 3.23. The molecule has 88 valence electrons. The molecule has 1 aromatic heterocycles. The molecule has 6 heteroatoms. The zero-order chi connectivity index (χ0) is 12.4. The summed E-state index contributed by atoms with van der Waals surface area (Å²) in [5.41, 5.74) is 0.0268. The molecule has 0 bridgehead atoms. The molecule has 17 heavy (non-hydrogen) atoms. The zero-order valence-corrected chi connectivity index (χ0v) is 10.4. The van der Waals surface area contributed by atoms with Crippen molar-refractivity contribution < 1.29 is 8.78 Å². The lowest BCUT2D eigenvalue weighted by Crippen LogP contribution is -1.97. The van der Waals surface area contributed by atoms with Crippen LogP contribution in [0.4, 0.5) is 14.6 Å². The number of halogens is 3. The van der Waals surface area contributed by atoms with Gasteiger partial charge in [-0.05, 0) is 28.1 Å². The van der Waals surface area contributed by atoms with E-state index in [1.165, 1.54) is 24.5 Å². The summed E-state index contributed by atoms with van der Waals surface area (Å²) in [5, 5.41) is 2.78. The summed E-state index contributed by atoms with van der Waals surface area (Å²) in [5.74, 6) is -0.842. The normalized spacial score (nSPS) is 10.4. The minimum Gasteiger partial charge on any atom is -0.373 e. The second kappa shape index (κ2) is 4.75. The molecule has 2 rings (SSSR count). The van der Waals surface area contributed by atoms with Crippen LogP contribution in [0.1, 0.15) is 0 Å². The van der Waals surface area contributed by atoms with Crippen LogP contribution in [0.2, 0.25) is 0 Å². The van der Waals surface area contributed by atoms with Crippen molar-refractivity contribution in [2.24, 2.45) is 0 Å². The van der Waals surface area contributed by atoms with E-state index in [2.05, 4.69) is 31.2 Å². The van der Waals surface area contributed by atoms with Crippen molar-refractivity contribution in [2.45, 2.75) is 0 Å². The number of hydrogen-bond acceptors (Lipinski definition) is 3. The maximum atomic E-state index is 13.8. The van der Waals surface area contributed by atoms with Gasteiger partial charge in [-0.25, -0.2) is 18.7 Å². The van der Waals surface area contributed by atoms with Gasteiger partial charge in [0.1, 0.15) is 23.8 Å². The highest BCUT2D eigenvalue weighted by atomic mass is 79.9. The van der Waals surface area contributed by atoms with Gasteiger partial charge < -0.3 is 5.32 Å². The maximum absolute atomic E-state index is 13.8. The Bertz CT molecular complexity index is 560. The van der Waals surface area contributed by atoms with Gasteiger partial charge in [0, 0.05) is 13.1 Å². The average molecular weight is 300 g/mol. The second-order valence-electron chi connectivity index (χ2n) is 3.26. The first kappa shape index (κ1) is 11.9. The maximum Gasteiger partial charge on any atom is 0.149 e. The third kappa shape index (κ3) is 2.26. The molecule has 0 aliphatic carbocycles. The van der Waals surface area contributed by atoms with Gasteiger partial charge in [-0.15, -0.1) is 0 Å². The molecule has 1 heterocycles. The Morgan fingerprint density at radius 1 is 1.24 bits per heavy atom. The fourth-order valence-electron chi connectivity index (χ4n) is 1.39. The van der Waals surface area contributed by atoms with Crippen molar-refractivity contribution in [1.29, 1.82) is 0 Å². The van der Waals surface area contributed by atoms with Crippen molar-refractivity contribution in [3.05, 3.63) is 40.6 Å². The molecule has 0 atom stereocenters. The van der Waals surface area contributed by atoms with Crippen LogP contribution in [0.3, 0.4) is 0 Å². The minimum absolute atomic E-state index is 0.168. The van der Waals surface area contributed by atoms with Crippen molar-refractivity contribution in [3.63, 3.8) is 0 Å². The van der Waals surface area contributed by atoms with E-state index in [9.17, 15) is 8.78 Å². The van der Waals surface area contributed by atoms with Crippen molar-refractivity contribution in [1.82, 2.24) is 9.97 Å². The highest BCUT2D eigenvalue weighted by Crippen LogP contribution is 2.29. The van der Waals surface area contributed by atoms with Crippen LogP contribution in [0.5, 0.6) is 0 Å². The van der Waals surface area contributed by atoms with Crippen molar-refractivity contribution in [2.75, 3.05) is 12.4 Å². The largest absolute Gasteiger partial charge is 0.373 e. The molecule has 0 fully saturated rings. The number of aromatic nitrogens is 2. The fourth-order valence-corrected chi connectivity index (χ4v) is 1.72. The van der Waals surface area contributed by atoms with Crippen LogP contribution in [-0.4, -0.2) is 17.0 Å². The van der Waals surface area contributed by atoms with Gasteiger partial charge in [0.2, 0.25) is 0 Å². The van der Waals surface area contributed by atoms with Gasteiger partial charge in [0.05, 0.1) is 15.7 Å². The molecule has 2 aromatic rings. The molecule has 1 N–H and O–H groups in total. The van der Waals surface area contributed by atoms with Gasteiger partial charge >= 0.3 is 0 Å². The summed E-state index contributed by atoms with van der Waals surface area (Å²) >= 11 is 3.01. The lowest BCUT2D eigenvalue weighted by Gasteiger charge is -2.07. The quantitative estimate of drug-likeness (QED) is 0.865. The Hall–Kier alpha value is -1.56. The molecule has 0 saturated carbocycles. The first-order chi connectivity index (χ1) is 8.13. The Labute approximate surface area is 105 Å². The van der Waals surface area contributed by atoms with Gasteiger partial charge in [0.25, 0.3) is 0 Å². The number of anilines is 1. The zero-order valence-electron chi connectivity index (χ0n) is 8.84. The second-order valence-corrected chi connectivity index (χ2v) is 4.11. The predicted molar refractivity (Wildman–Crippen MR) is 64.6 cm³/mol. The van der Waals surface area contributed by atoms with Crippen molar-refractivity contribution >= 4 is 21.7 Å². The number of hydrogen-bond donors (Lipinski definition) is 1. The van der Waals surface area contributed by atoms with Crippen LogP contribution in [0, 0.1) is 11.6 Å². The van der Waals surface area contributed by atoms with Gasteiger partial charge in [-0.2, -0.15) is 0 Å². The van der Waals surface area contributed by atoms with Crippen molar-refractivity contribution in [3.8, 4) is 11.3 Å². The Kier molecular flexibility index (Phi) is 3.33. The SMILES string of the molecule is CNc1cc(-c2c(F)ccc(Br)c2F)ncn1. The third-order valence-corrected chi connectivity index (χ3v) is 2.84. The molecule has 0 aliphatic heterocycles. The van der Waals surface area contributed by atoms with E-state index in [4.69, 9.17) is 0 Å². The van der Waals surface area contributed by atoms with Crippen LogP contribution in [0.25, 0.3) is 11.3 Å². The Morgan fingerprint density at radius 3 is 2.71 bits per heavy atom. The molecular formula is C11H8BrF2N3. The fraction of sp³-hybridized carbons (Fsp3) is 0.0909. The topological polar surface area (TPSA) is 37.8 Å². The Morgan fingerprint density at radius 2 is 2.00 bits per heavy atom. The van der Waals surface area contributed by atoms with Gasteiger partial charge in [-0.1, -0.05) is 0 Å². The lowest BCUT2D eigenvalue weighted by atomic mass is 10.1. The standard InChI is InChI=1S/C11H8BrF2N3/c1-15-9-4-8(16-5-17-9)10-7(13)3-2-6(12)11(10)14/h2-5H,1H3,(H,15,16,17). The van der Waals surface area contributed by atoms with E-state index in [0.717, 1.165) is 0 Å². The lowest BCUT2D eigenvalue weighted by molar-refractivity contribution is 0.584. The highest BCUT2D eigenvalue weighted by Gasteiger charge is 2.15. The summed E-state index contributed by atoms with van der Waals surface area (Å²) in [4.78, 5) is 7.75. The molecule has 0 aliphatic rings. The minimum atomic E-state index is -0.675. The van der Waals surface area contributed by atoms with E-state index >= 15 is 0 Å². The van der Waals surface area contributed by atoms with Crippen LogP contribution < -0.4 is 5.32 Å². The molecule has 3 nitrogen and oxygen atoms in total. The third-order valence-electron chi connectivity index (χ3n) is 2.22. The number of rotatable bonds is 2. The van der Waals surface area contributed by atoms with E-state index < -0.39 is 11.6 Å². The number of benzene rings is 1. The Balaban J connectivity index is 2.63. The molecule has 0 radical (unpaired) electrons. The van der Waals surface area contributed by atoms with Gasteiger partial charge in [-0.3, -0.25) is 0 Å². The number of nitrogens with zero attached hydrogens (tertiary/aromatic N) is 2. The summed E-state index contributed by atoms with van der Waals surface area (Å²) in [6.07, 6.45) is 1.25. The van der Waals surface area contributed by atoms with E-state index in [0.29, 0.717) is 5.82 Å². The van der Waals surface area contributed by atoms with Crippen LogP contribution in [0.15, 0.2) is 29.0 Å². The summed E-state index contributed by atoms with van der Waals surface area (Å²) in [7, 11) is 1.67. The molecule has 1 aromatic carbocycles. The summed E-state index contributed by atoms with van der Waals surface area (Å²) in [6.45, 7) is 0. The molecule has 0 amide bonds. The summed E-state index contributed by atoms with van der Waals surface area (Å²) < 4.78 is 27.6. The van der Waals surface area contributed by atoms with Gasteiger partial charge in [0.15, 0.2) is 0 Å². The van der Waals surface area contributed by atoms with E-state index in [1.54, 1.807) is 7.05 Å². The molecule has 0 unspecified atom stereocenters. The number of nitrogens with one attached hydrogen (secondary N) is 1. The first-order valence-corrected chi connectivity index (χ1v) is 5.56.